The molecule has 0 aromatic carbocycles. The molecule has 0 aliphatic rings. The summed E-state index contributed by atoms with van der Waals surface area (Å²) in [5, 5.41) is 0. The van der Waals surface area contributed by atoms with E-state index in [1.165, 1.54) is 180 Å². The molecule has 0 fully saturated rings. The molecule has 6 heteroatoms. The van der Waals surface area contributed by atoms with Gasteiger partial charge in [0, 0.05) is 19.3 Å². The lowest BCUT2D eigenvalue weighted by Gasteiger charge is -2.18. The predicted octanol–water partition coefficient (Wildman–Crippen LogP) is 16.9. The normalized spacial score (nSPS) is 12.1. The second kappa shape index (κ2) is 45.9. The molecule has 1 atom stereocenters. The fraction of sp³-hybridized carbons (Fsp3) is 0.943. The van der Waals surface area contributed by atoms with Crippen molar-refractivity contribution in [2.45, 2.75) is 298 Å². The van der Waals surface area contributed by atoms with E-state index in [-0.39, 0.29) is 31.1 Å². The quantitative estimate of drug-likeness (QED) is 0.0345. The van der Waals surface area contributed by atoms with Gasteiger partial charge in [-0.05, 0) is 31.1 Å². The third-order valence-corrected chi connectivity index (χ3v) is 12.0. The number of carbonyl (C=O) groups is 3. The van der Waals surface area contributed by atoms with Gasteiger partial charge in [0.1, 0.15) is 13.2 Å². The van der Waals surface area contributed by atoms with Crippen LogP contribution in [0.3, 0.4) is 0 Å². The first kappa shape index (κ1) is 57.4. The van der Waals surface area contributed by atoms with Gasteiger partial charge in [-0.3, -0.25) is 14.4 Å². The van der Waals surface area contributed by atoms with Crippen molar-refractivity contribution in [2.24, 2.45) is 11.8 Å². The van der Waals surface area contributed by atoms with Gasteiger partial charge in [-0.2, -0.15) is 0 Å². The zero-order chi connectivity index (χ0) is 43.3. The largest absolute Gasteiger partial charge is 0.462 e. The number of hydrogen-bond donors (Lipinski definition) is 0. The second-order valence-electron chi connectivity index (χ2n) is 19.1. The van der Waals surface area contributed by atoms with Crippen molar-refractivity contribution < 1.29 is 28.6 Å². The van der Waals surface area contributed by atoms with Crippen LogP contribution in [0.1, 0.15) is 291 Å². The van der Waals surface area contributed by atoms with E-state index in [0.29, 0.717) is 19.3 Å². The molecule has 59 heavy (non-hydrogen) atoms. The van der Waals surface area contributed by atoms with Crippen molar-refractivity contribution in [2.75, 3.05) is 13.2 Å². The molecule has 0 unspecified atom stereocenters. The molecule has 0 aliphatic carbocycles. The summed E-state index contributed by atoms with van der Waals surface area (Å²) >= 11 is 0. The van der Waals surface area contributed by atoms with E-state index < -0.39 is 6.10 Å². The molecule has 6 nitrogen and oxygen atoms in total. The molecule has 0 aliphatic heterocycles. The molecule has 0 rings (SSSR count). The molecule has 0 radical (unpaired) electrons. The molecule has 0 bridgehead atoms. The van der Waals surface area contributed by atoms with Crippen molar-refractivity contribution in [3.8, 4) is 0 Å². The maximum atomic E-state index is 12.8. The summed E-state index contributed by atoms with van der Waals surface area (Å²) in [6, 6.07) is 0. The summed E-state index contributed by atoms with van der Waals surface area (Å²) in [5.41, 5.74) is 0. The second-order valence-corrected chi connectivity index (χ2v) is 19.1. The van der Waals surface area contributed by atoms with Crippen molar-refractivity contribution in [1.82, 2.24) is 0 Å². The Morgan fingerprint density at radius 3 is 0.831 bits per heavy atom. The van der Waals surface area contributed by atoms with Crippen LogP contribution in [0.4, 0.5) is 0 Å². The fourth-order valence-electron chi connectivity index (χ4n) is 7.99. The molecule has 0 heterocycles. The summed E-state index contributed by atoms with van der Waals surface area (Å²) < 4.78 is 16.8. The number of unbranched alkanes of at least 4 members (excludes halogenated alkanes) is 32. The lowest BCUT2D eigenvalue weighted by molar-refractivity contribution is -0.167. The molecule has 0 N–H and O–H groups in total. The van der Waals surface area contributed by atoms with Gasteiger partial charge < -0.3 is 14.2 Å². The smallest absolute Gasteiger partial charge is 0.306 e. The number of ether oxygens (including phenoxy) is 3. The minimum absolute atomic E-state index is 0.0637. The monoisotopic (exact) mass is 835 g/mol. The lowest BCUT2D eigenvalue weighted by Crippen LogP contribution is -2.30. The van der Waals surface area contributed by atoms with Crippen molar-refractivity contribution in [1.29, 1.82) is 0 Å². The van der Waals surface area contributed by atoms with Gasteiger partial charge in [-0.1, -0.05) is 253 Å². The number of hydrogen-bond acceptors (Lipinski definition) is 6. The van der Waals surface area contributed by atoms with Crippen LogP contribution in [0.5, 0.6) is 0 Å². The maximum Gasteiger partial charge on any atom is 0.306 e. The van der Waals surface area contributed by atoms with Gasteiger partial charge in [0.25, 0.3) is 0 Å². The first-order valence-electron chi connectivity index (χ1n) is 26.2. The van der Waals surface area contributed by atoms with Crippen LogP contribution < -0.4 is 0 Å². The zero-order valence-electron chi connectivity index (χ0n) is 40.4. The van der Waals surface area contributed by atoms with Gasteiger partial charge in [-0.15, -0.1) is 0 Å². The standard InChI is InChI=1S/C53H102O6/c1-6-7-8-9-10-11-23-28-33-38-43-51(54)57-46-50(47-58-52(55)44-39-34-29-24-20-19-22-27-32-37-42-49(4)5)59-53(56)45-40-35-30-25-18-16-14-12-13-15-17-21-26-31-36-41-48(2)3/h48-50H,6-47H2,1-5H3/t50-/m0/s1. The molecular formula is C53H102O6. The van der Waals surface area contributed by atoms with E-state index in [9.17, 15) is 14.4 Å². The first-order valence-corrected chi connectivity index (χ1v) is 26.2. The summed E-state index contributed by atoms with van der Waals surface area (Å²) in [6.07, 6.45) is 46.6. The number of rotatable bonds is 47. The highest BCUT2D eigenvalue weighted by atomic mass is 16.6. The summed E-state index contributed by atoms with van der Waals surface area (Å²) in [7, 11) is 0. The van der Waals surface area contributed by atoms with Crippen LogP contribution in [0, 0.1) is 11.8 Å². The first-order chi connectivity index (χ1) is 28.7. The van der Waals surface area contributed by atoms with Crippen molar-refractivity contribution in [3.05, 3.63) is 0 Å². The predicted molar refractivity (Wildman–Crippen MR) is 252 cm³/mol. The SMILES string of the molecule is CCCCCCCCCCCCC(=O)OC[C@@H](COC(=O)CCCCCCCCCCCCC(C)C)OC(=O)CCCCCCCCCCCCCCCCCC(C)C. The van der Waals surface area contributed by atoms with Crippen LogP contribution in [-0.2, 0) is 28.6 Å². The summed E-state index contributed by atoms with van der Waals surface area (Å²) in [5.74, 6) is 0.818. The summed E-state index contributed by atoms with van der Waals surface area (Å²) in [4.78, 5) is 37.9. The molecule has 0 saturated carbocycles. The highest BCUT2D eigenvalue weighted by Crippen LogP contribution is 2.17. The van der Waals surface area contributed by atoms with Crippen LogP contribution in [0.25, 0.3) is 0 Å². The molecule has 0 saturated heterocycles. The van der Waals surface area contributed by atoms with Gasteiger partial charge in [0.2, 0.25) is 0 Å². The topological polar surface area (TPSA) is 78.9 Å². The molecule has 350 valence electrons. The van der Waals surface area contributed by atoms with Crippen LogP contribution >= 0.6 is 0 Å². The van der Waals surface area contributed by atoms with E-state index >= 15 is 0 Å². The number of carbonyl (C=O) groups excluding carboxylic acids is 3. The van der Waals surface area contributed by atoms with Gasteiger partial charge >= 0.3 is 17.9 Å². The van der Waals surface area contributed by atoms with E-state index in [4.69, 9.17) is 14.2 Å². The Balaban J connectivity index is 4.27. The Kier molecular flexibility index (Phi) is 44.7. The molecule has 0 amide bonds. The Morgan fingerprint density at radius 2 is 0.559 bits per heavy atom. The third kappa shape index (κ3) is 47.3. The Hall–Kier alpha value is -1.59. The van der Waals surface area contributed by atoms with E-state index in [1.54, 1.807) is 0 Å². The van der Waals surface area contributed by atoms with Crippen molar-refractivity contribution >= 4 is 17.9 Å². The van der Waals surface area contributed by atoms with E-state index in [0.717, 1.165) is 69.6 Å². The van der Waals surface area contributed by atoms with E-state index in [1.807, 2.05) is 0 Å². The molecule has 0 aromatic heterocycles. The Labute approximate surface area is 368 Å². The van der Waals surface area contributed by atoms with Gasteiger partial charge in [0.05, 0.1) is 0 Å². The van der Waals surface area contributed by atoms with Gasteiger partial charge in [0.15, 0.2) is 6.10 Å². The highest BCUT2D eigenvalue weighted by molar-refractivity contribution is 5.71. The van der Waals surface area contributed by atoms with Gasteiger partial charge in [-0.25, -0.2) is 0 Å². The molecule has 0 aromatic rings. The van der Waals surface area contributed by atoms with Crippen LogP contribution in [0.15, 0.2) is 0 Å². The van der Waals surface area contributed by atoms with E-state index in [2.05, 4.69) is 34.6 Å². The van der Waals surface area contributed by atoms with Crippen molar-refractivity contribution in [3.63, 3.8) is 0 Å². The highest BCUT2D eigenvalue weighted by Gasteiger charge is 2.19. The maximum absolute atomic E-state index is 12.8. The minimum atomic E-state index is -0.761. The number of esters is 3. The lowest BCUT2D eigenvalue weighted by atomic mass is 10.0. The minimum Gasteiger partial charge on any atom is -0.462 e. The third-order valence-electron chi connectivity index (χ3n) is 12.0. The zero-order valence-corrected chi connectivity index (χ0v) is 40.4. The molecule has 0 spiro atoms. The Morgan fingerprint density at radius 1 is 0.322 bits per heavy atom. The average molecular weight is 835 g/mol. The fourth-order valence-corrected chi connectivity index (χ4v) is 7.99. The summed E-state index contributed by atoms with van der Waals surface area (Å²) in [6.45, 7) is 11.4. The Bertz CT molecular complexity index is 900. The molecular weight excluding hydrogens is 733 g/mol. The van der Waals surface area contributed by atoms with Crippen LogP contribution in [0.2, 0.25) is 0 Å². The average Bonchev–Trinajstić information content (AvgIpc) is 3.20. The van der Waals surface area contributed by atoms with Crippen LogP contribution in [-0.4, -0.2) is 37.2 Å².